The van der Waals surface area contributed by atoms with Gasteiger partial charge in [0.25, 0.3) is 0 Å². The van der Waals surface area contributed by atoms with Gasteiger partial charge in [-0.3, -0.25) is 0 Å². The minimum absolute atomic E-state index is 0.256. The van der Waals surface area contributed by atoms with E-state index in [0.29, 0.717) is 5.56 Å². The number of benzene rings is 1. The van der Waals surface area contributed by atoms with Crippen LogP contribution in [0.5, 0.6) is 0 Å². The number of hydrogen-bond acceptors (Lipinski definition) is 2. The fourth-order valence-electron chi connectivity index (χ4n) is 2.55. The van der Waals surface area contributed by atoms with Crippen LogP contribution in [-0.4, -0.2) is 16.1 Å². The van der Waals surface area contributed by atoms with Crippen molar-refractivity contribution in [1.82, 2.24) is 4.57 Å². The Morgan fingerprint density at radius 1 is 1.14 bits per heavy atom. The number of aryl methyl sites for hydroxylation is 1. The van der Waals surface area contributed by atoms with E-state index in [1.54, 1.807) is 0 Å². The lowest BCUT2D eigenvalue weighted by molar-refractivity contribution is 0.00697. The van der Waals surface area contributed by atoms with Gasteiger partial charge in [0, 0.05) is 18.3 Å². The van der Waals surface area contributed by atoms with Crippen LogP contribution in [0.4, 0.5) is 0 Å². The fraction of sp³-hybridized carbons (Fsp3) is 0.526. The van der Waals surface area contributed by atoms with E-state index < -0.39 is 5.60 Å². The topological polar surface area (TPSA) is 31.2 Å². The molecule has 0 atom stereocenters. The molecular weight excluding hydrogens is 274 g/mol. The summed E-state index contributed by atoms with van der Waals surface area (Å²) in [6, 6.07) is 7.90. The number of hydrogen-bond donors (Lipinski definition) is 0. The molecule has 0 saturated heterocycles. The van der Waals surface area contributed by atoms with Crippen LogP contribution in [-0.2, 0) is 11.3 Å². The van der Waals surface area contributed by atoms with Crippen molar-refractivity contribution < 1.29 is 9.53 Å². The molecule has 3 heteroatoms. The zero-order valence-corrected chi connectivity index (χ0v) is 14.2. The Labute approximate surface area is 133 Å². The number of carbonyl (C=O) groups is 1. The summed E-state index contributed by atoms with van der Waals surface area (Å²) in [6.45, 7) is 8.89. The molecule has 120 valence electrons. The first kappa shape index (κ1) is 16.6. The highest BCUT2D eigenvalue weighted by molar-refractivity contribution is 5.94. The number of rotatable bonds is 6. The Balaban J connectivity index is 2.16. The van der Waals surface area contributed by atoms with Crippen molar-refractivity contribution in [2.45, 2.75) is 65.5 Å². The van der Waals surface area contributed by atoms with Crippen molar-refractivity contribution in [1.29, 1.82) is 0 Å². The highest BCUT2D eigenvalue weighted by Crippen LogP contribution is 2.20. The van der Waals surface area contributed by atoms with Crippen LogP contribution in [0.2, 0.25) is 0 Å². The monoisotopic (exact) mass is 301 g/mol. The maximum absolute atomic E-state index is 12.2. The summed E-state index contributed by atoms with van der Waals surface area (Å²) in [7, 11) is 0. The Morgan fingerprint density at radius 3 is 2.59 bits per heavy atom. The molecule has 2 rings (SSSR count). The molecule has 0 aliphatic carbocycles. The van der Waals surface area contributed by atoms with Crippen LogP contribution in [0.15, 0.2) is 30.5 Å². The highest BCUT2D eigenvalue weighted by atomic mass is 16.6. The van der Waals surface area contributed by atoms with Gasteiger partial charge in [0.2, 0.25) is 0 Å². The van der Waals surface area contributed by atoms with E-state index >= 15 is 0 Å². The van der Waals surface area contributed by atoms with Gasteiger partial charge in [-0.1, -0.05) is 32.3 Å². The average molecular weight is 301 g/mol. The summed E-state index contributed by atoms with van der Waals surface area (Å²) in [5.74, 6) is -0.256. The van der Waals surface area contributed by atoms with E-state index in [2.05, 4.69) is 23.8 Å². The molecule has 0 aliphatic heterocycles. The molecule has 0 fully saturated rings. The summed E-state index contributed by atoms with van der Waals surface area (Å²) >= 11 is 0. The quantitative estimate of drug-likeness (QED) is 0.544. The first-order valence-electron chi connectivity index (χ1n) is 8.23. The molecule has 0 unspecified atom stereocenters. The lowest BCUT2D eigenvalue weighted by atomic mass is 10.1. The molecule has 1 aromatic carbocycles. The van der Waals surface area contributed by atoms with E-state index in [0.717, 1.165) is 12.1 Å². The smallest absolute Gasteiger partial charge is 0.338 e. The van der Waals surface area contributed by atoms with Crippen LogP contribution in [0.1, 0.15) is 63.7 Å². The molecule has 0 amide bonds. The van der Waals surface area contributed by atoms with E-state index in [9.17, 15) is 4.79 Å². The number of carbonyl (C=O) groups excluding carboxylic acids is 1. The van der Waals surface area contributed by atoms with E-state index in [4.69, 9.17) is 4.74 Å². The van der Waals surface area contributed by atoms with E-state index in [-0.39, 0.29) is 5.97 Å². The molecule has 3 nitrogen and oxygen atoms in total. The summed E-state index contributed by atoms with van der Waals surface area (Å²) in [5, 5.41) is 1.17. The van der Waals surface area contributed by atoms with E-state index in [1.807, 2.05) is 39.0 Å². The van der Waals surface area contributed by atoms with E-state index in [1.165, 1.54) is 31.1 Å². The maximum Gasteiger partial charge on any atom is 0.338 e. The number of aromatic nitrogens is 1. The zero-order chi connectivity index (χ0) is 16.2. The van der Waals surface area contributed by atoms with Crippen LogP contribution in [0, 0.1) is 0 Å². The van der Waals surface area contributed by atoms with Gasteiger partial charge in [0.15, 0.2) is 0 Å². The predicted molar refractivity (Wildman–Crippen MR) is 91.2 cm³/mol. The molecule has 0 aliphatic rings. The molecule has 2 aromatic rings. The summed E-state index contributed by atoms with van der Waals surface area (Å²) in [5.41, 5.74) is 1.27. The third-order valence-electron chi connectivity index (χ3n) is 3.66. The molecule has 0 N–H and O–H groups in total. The number of ether oxygens (including phenoxy) is 1. The molecule has 1 aromatic heterocycles. The van der Waals surface area contributed by atoms with Crippen LogP contribution >= 0.6 is 0 Å². The van der Waals surface area contributed by atoms with Gasteiger partial charge < -0.3 is 9.30 Å². The lowest BCUT2D eigenvalue weighted by Gasteiger charge is -2.19. The van der Waals surface area contributed by atoms with Gasteiger partial charge >= 0.3 is 5.97 Å². The number of nitrogens with zero attached hydrogens (tertiary/aromatic N) is 1. The minimum Gasteiger partial charge on any atom is -0.456 e. The molecule has 0 radical (unpaired) electrons. The zero-order valence-electron chi connectivity index (χ0n) is 14.2. The molecule has 0 spiro atoms. The first-order valence-corrected chi connectivity index (χ1v) is 8.23. The molecular formula is C19H27NO2. The van der Waals surface area contributed by atoms with Crippen LogP contribution in [0.25, 0.3) is 10.9 Å². The van der Waals surface area contributed by atoms with Crippen molar-refractivity contribution in [3.8, 4) is 0 Å². The standard InChI is InChI=1S/C19H27NO2/c1-5-6-7-8-12-20-13-11-15-9-10-16(14-17(15)20)18(21)22-19(2,3)4/h9-11,13-14H,5-8,12H2,1-4H3. The summed E-state index contributed by atoms with van der Waals surface area (Å²) in [4.78, 5) is 12.2. The summed E-state index contributed by atoms with van der Waals surface area (Å²) in [6.07, 6.45) is 7.06. The van der Waals surface area contributed by atoms with Gasteiger partial charge in [-0.15, -0.1) is 0 Å². The number of fused-ring (bicyclic) bond motifs is 1. The normalized spacial score (nSPS) is 11.8. The van der Waals surface area contributed by atoms with Crippen molar-refractivity contribution in [3.63, 3.8) is 0 Å². The third kappa shape index (κ3) is 4.36. The second-order valence-corrected chi connectivity index (χ2v) is 6.85. The Hall–Kier alpha value is -1.77. The highest BCUT2D eigenvalue weighted by Gasteiger charge is 2.18. The first-order chi connectivity index (χ1) is 10.4. The van der Waals surface area contributed by atoms with Gasteiger partial charge in [-0.25, -0.2) is 4.79 Å². The Kier molecular flexibility index (Phi) is 5.28. The van der Waals surface area contributed by atoms with Gasteiger partial charge in [-0.2, -0.15) is 0 Å². The molecule has 1 heterocycles. The maximum atomic E-state index is 12.2. The van der Waals surface area contributed by atoms with Crippen molar-refractivity contribution in [2.75, 3.05) is 0 Å². The fourth-order valence-corrected chi connectivity index (χ4v) is 2.55. The minimum atomic E-state index is -0.464. The summed E-state index contributed by atoms with van der Waals surface area (Å²) < 4.78 is 7.69. The van der Waals surface area contributed by atoms with Crippen molar-refractivity contribution in [2.24, 2.45) is 0 Å². The number of unbranched alkanes of at least 4 members (excludes halogenated alkanes) is 3. The van der Waals surface area contributed by atoms with Gasteiger partial charge in [0.05, 0.1) is 5.56 Å². The molecule has 0 bridgehead atoms. The second kappa shape index (κ2) is 6.99. The van der Waals surface area contributed by atoms with Gasteiger partial charge in [0.1, 0.15) is 5.60 Å². The Bertz CT molecular complexity index is 634. The largest absolute Gasteiger partial charge is 0.456 e. The van der Waals surface area contributed by atoms with Crippen LogP contribution < -0.4 is 0 Å². The Morgan fingerprint density at radius 2 is 1.91 bits per heavy atom. The predicted octanol–water partition coefficient (Wildman–Crippen LogP) is 5.18. The average Bonchev–Trinajstić information content (AvgIpc) is 2.84. The van der Waals surface area contributed by atoms with Crippen molar-refractivity contribution >= 4 is 16.9 Å². The van der Waals surface area contributed by atoms with Crippen molar-refractivity contribution in [3.05, 3.63) is 36.0 Å². The molecule has 22 heavy (non-hydrogen) atoms. The van der Waals surface area contributed by atoms with Crippen LogP contribution in [0.3, 0.4) is 0 Å². The van der Waals surface area contributed by atoms with Gasteiger partial charge in [-0.05, 0) is 50.8 Å². The molecule has 0 saturated carbocycles. The SMILES string of the molecule is CCCCCCn1ccc2ccc(C(=O)OC(C)(C)C)cc21. The number of esters is 1. The second-order valence-electron chi connectivity index (χ2n) is 6.85. The lowest BCUT2D eigenvalue weighted by Crippen LogP contribution is -2.23. The third-order valence-corrected chi connectivity index (χ3v) is 3.66.